The topological polar surface area (TPSA) is 118 Å². The number of esters is 4. The van der Waals surface area contributed by atoms with Crippen molar-refractivity contribution < 1.29 is 42.9 Å². The van der Waals surface area contributed by atoms with Crippen molar-refractivity contribution in [2.45, 2.75) is 90.8 Å². The van der Waals surface area contributed by atoms with Gasteiger partial charge in [0, 0.05) is 25.0 Å². The van der Waals surface area contributed by atoms with Crippen LogP contribution >= 0.6 is 0 Å². The normalized spacial score (nSPS) is 33.9. The molecule has 0 amide bonds. The predicted octanol–water partition coefficient (Wildman–Crippen LogP) is 2.56. The molecular formula is C24H32O9. The molecule has 9 heteroatoms. The second-order valence-corrected chi connectivity index (χ2v) is 9.16. The fraction of sp³-hybridized carbons (Fsp3) is 0.667. The molecule has 1 aliphatic carbocycles. The van der Waals surface area contributed by atoms with Crippen molar-refractivity contribution >= 4 is 23.9 Å². The van der Waals surface area contributed by atoms with Gasteiger partial charge in [0.25, 0.3) is 0 Å². The SMILES string of the molecule is CC=C(C)C(=O)OC1CC(C)C(OC(C)=O)CCC2(C)OC2C2OC(=O)C(COC(C)=O)=C12. The van der Waals surface area contributed by atoms with Crippen LogP contribution in [0, 0.1) is 5.92 Å². The van der Waals surface area contributed by atoms with Crippen LogP contribution in [0.15, 0.2) is 22.8 Å². The lowest BCUT2D eigenvalue weighted by Gasteiger charge is -2.31. The zero-order valence-corrected chi connectivity index (χ0v) is 20.0. The fourth-order valence-electron chi connectivity index (χ4n) is 4.47. The summed E-state index contributed by atoms with van der Waals surface area (Å²) in [6.07, 6.45) is 0.614. The van der Waals surface area contributed by atoms with Crippen LogP contribution in [0.5, 0.6) is 0 Å². The van der Waals surface area contributed by atoms with Crippen molar-refractivity contribution in [2.24, 2.45) is 5.92 Å². The van der Waals surface area contributed by atoms with Gasteiger partial charge in [-0.2, -0.15) is 0 Å². The first-order valence-electron chi connectivity index (χ1n) is 11.2. The Bertz CT molecular complexity index is 902. The van der Waals surface area contributed by atoms with Gasteiger partial charge in [0.1, 0.15) is 24.9 Å². The summed E-state index contributed by atoms with van der Waals surface area (Å²) < 4.78 is 28.2. The van der Waals surface area contributed by atoms with Gasteiger partial charge in [0.2, 0.25) is 0 Å². The lowest BCUT2D eigenvalue weighted by Crippen LogP contribution is -2.38. The molecule has 0 bridgehead atoms. The highest BCUT2D eigenvalue weighted by molar-refractivity contribution is 5.94. The average molecular weight is 465 g/mol. The van der Waals surface area contributed by atoms with Crippen molar-refractivity contribution in [3.05, 3.63) is 22.8 Å². The summed E-state index contributed by atoms with van der Waals surface area (Å²) in [5.74, 6) is -2.30. The third-order valence-electron chi connectivity index (χ3n) is 6.59. The van der Waals surface area contributed by atoms with Crippen LogP contribution in [0.1, 0.15) is 60.8 Å². The quantitative estimate of drug-likeness (QED) is 0.262. The molecule has 2 fully saturated rings. The van der Waals surface area contributed by atoms with E-state index in [-0.39, 0.29) is 24.5 Å². The maximum Gasteiger partial charge on any atom is 0.338 e. The third kappa shape index (κ3) is 5.46. The van der Waals surface area contributed by atoms with Crippen LogP contribution < -0.4 is 0 Å². The molecule has 0 aromatic heterocycles. The highest BCUT2D eigenvalue weighted by atomic mass is 16.7. The molecule has 0 radical (unpaired) electrons. The van der Waals surface area contributed by atoms with Crippen molar-refractivity contribution in [3.63, 3.8) is 0 Å². The van der Waals surface area contributed by atoms with Gasteiger partial charge in [0.05, 0.1) is 11.2 Å². The Morgan fingerprint density at radius 2 is 1.85 bits per heavy atom. The molecule has 0 spiro atoms. The highest BCUT2D eigenvalue weighted by Crippen LogP contribution is 2.50. The predicted molar refractivity (Wildman–Crippen MR) is 115 cm³/mol. The Labute approximate surface area is 193 Å². The summed E-state index contributed by atoms with van der Waals surface area (Å²) in [6.45, 7) is 9.49. The van der Waals surface area contributed by atoms with E-state index in [2.05, 4.69) is 0 Å². The van der Waals surface area contributed by atoms with Crippen LogP contribution in [-0.2, 0) is 42.9 Å². The van der Waals surface area contributed by atoms with Crippen molar-refractivity contribution in [1.29, 1.82) is 0 Å². The number of hydrogen-bond acceptors (Lipinski definition) is 9. The largest absolute Gasteiger partial charge is 0.462 e. The van der Waals surface area contributed by atoms with E-state index in [0.717, 1.165) is 0 Å². The molecule has 33 heavy (non-hydrogen) atoms. The maximum absolute atomic E-state index is 12.8. The number of allylic oxidation sites excluding steroid dienone is 1. The van der Waals surface area contributed by atoms with Crippen LogP contribution in [0.25, 0.3) is 0 Å². The maximum atomic E-state index is 12.8. The summed E-state index contributed by atoms with van der Waals surface area (Å²) in [5, 5.41) is 0. The second-order valence-electron chi connectivity index (χ2n) is 9.16. The van der Waals surface area contributed by atoms with Crippen LogP contribution in [0.2, 0.25) is 0 Å². The van der Waals surface area contributed by atoms with Crippen molar-refractivity contribution in [2.75, 3.05) is 6.61 Å². The first-order valence-corrected chi connectivity index (χ1v) is 11.2. The minimum absolute atomic E-state index is 0.154. The second kappa shape index (κ2) is 9.67. The van der Waals surface area contributed by atoms with Gasteiger partial charge in [-0.3, -0.25) is 9.59 Å². The van der Waals surface area contributed by atoms with Gasteiger partial charge in [-0.05, 0) is 46.0 Å². The first-order chi connectivity index (χ1) is 15.5. The lowest BCUT2D eigenvalue weighted by atomic mass is 9.82. The van der Waals surface area contributed by atoms with E-state index in [1.54, 1.807) is 19.9 Å². The van der Waals surface area contributed by atoms with Gasteiger partial charge in [-0.25, -0.2) is 9.59 Å². The van der Waals surface area contributed by atoms with Gasteiger partial charge < -0.3 is 23.7 Å². The molecule has 2 aliphatic heterocycles. The van der Waals surface area contributed by atoms with Gasteiger partial charge in [0.15, 0.2) is 6.10 Å². The Kier molecular flexibility index (Phi) is 7.31. The van der Waals surface area contributed by atoms with Crippen molar-refractivity contribution in [3.8, 4) is 0 Å². The van der Waals surface area contributed by atoms with E-state index < -0.39 is 53.9 Å². The molecule has 9 nitrogen and oxygen atoms in total. The standard InChI is InChI=1S/C24H32O9/c1-7-12(2)22(27)31-18-10-13(3)17(30-15(5)26)8-9-24(6)21(33-24)20-19(18)16(23(28)32-20)11-29-14(4)25/h7,13,17-18,20-21H,8-11H2,1-6H3. The minimum Gasteiger partial charge on any atom is -0.462 e. The molecule has 6 unspecified atom stereocenters. The molecule has 6 atom stereocenters. The summed E-state index contributed by atoms with van der Waals surface area (Å²) in [7, 11) is 0. The van der Waals surface area contributed by atoms with Crippen LogP contribution in [0.3, 0.4) is 0 Å². The van der Waals surface area contributed by atoms with Crippen molar-refractivity contribution in [1.82, 2.24) is 0 Å². The number of ether oxygens (including phenoxy) is 5. The Morgan fingerprint density at radius 1 is 1.15 bits per heavy atom. The number of fused-ring (bicyclic) bond motifs is 3. The van der Waals surface area contributed by atoms with E-state index in [1.807, 2.05) is 13.8 Å². The van der Waals surface area contributed by atoms with Gasteiger partial charge in [-0.15, -0.1) is 0 Å². The van der Waals surface area contributed by atoms with E-state index in [1.165, 1.54) is 13.8 Å². The third-order valence-corrected chi connectivity index (χ3v) is 6.59. The molecule has 0 aromatic rings. The Balaban J connectivity index is 2.05. The molecule has 0 aromatic carbocycles. The number of carbonyl (C=O) groups is 4. The zero-order valence-electron chi connectivity index (χ0n) is 20.0. The zero-order chi connectivity index (χ0) is 24.5. The minimum atomic E-state index is -0.853. The summed E-state index contributed by atoms with van der Waals surface area (Å²) in [5.41, 5.74) is 0.423. The number of hydrogen-bond donors (Lipinski definition) is 0. The highest BCUT2D eigenvalue weighted by Gasteiger charge is 2.62. The molecule has 2 heterocycles. The molecule has 182 valence electrons. The number of carbonyl (C=O) groups excluding carboxylic acids is 4. The number of epoxide rings is 1. The number of rotatable bonds is 5. The molecular weight excluding hydrogens is 432 g/mol. The lowest BCUT2D eigenvalue weighted by molar-refractivity contribution is -0.152. The molecule has 0 N–H and O–H groups in total. The molecule has 1 saturated carbocycles. The van der Waals surface area contributed by atoms with E-state index >= 15 is 0 Å². The monoisotopic (exact) mass is 464 g/mol. The molecule has 3 rings (SSSR count). The summed E-state index contributed by atoms with van der Waals surface area (Å²) in [6, 6.07) is 0. The van der Waals surface area contributed by atoms with E-state index in [4.69, 9.17) is 23.7 Å². The summed E-state index contributed by atoms with van der Waals surface area (Å²) in [4.78, 5) is 48.7. The van der Waals surface area contributed by atoms with Gasteiger partial charge in [-0.1, -0.05) is 13.0 Å². The average Bonchev–Trinajstić information content (AvgIpc) is 3.30. The first kappa shape index (κ1) is 25.0. The summed E-state index contributed by atoms with van der Waals surface area (Å²) >= 11 is 0. The molecule has 1 saturated heterocycles. The van der Waals surface area contributed by atoms with Crippen LogP contribution in [-0.4, -0.2) is 60.5 Å². The van der Waals surface area contributed by atoms with E-state index in [9.17, 15) is 19.2 Å². The Morgan fingerprint density at radius 3 is 2.45 bits per heavy atom. The van der Waals surface area contributed by atoms with Gasteiger partial charge >= 0.3 is 23.9 Å². The molecule has 3 aliphatic rings. The fourth-order valence-corrected chi connectivity index (χ4v) is 4.47. The Hall–Kier alpha value is -2.68. The van der Waals surface area contributed by atoms with E-state index in [0.29, 0.717) is 24.0 Å². The smallest absolute Gasteiger partial charge is 0.338 e. The van der Waals surface area contributed by atoms with Crippen LogP contribution in [0.4, 0.5) is 0 Å².